The van der Waals surface area contributed by atoms with Gasteiger partial charge in [0.05, 0.1) is 32.3 Å². The number of rotatable bonds is 9. The monoisotopic (exact) mass is 563 g/mol. The van der Waals surface area contributed by atoms with E-state index in [1.165, 1.54) is 13.2 Å². The van der Waals surface area contributed by atoms with E-state index in [4.69, 9.17) is 19.6 Å². The molecule has 1 aliphatic heterocycles. The van der Waals surface area contributed by atoms with Crippen molar-refractivity contribution in [3.8, 4) is 11.4 Å². The molecule has 3 atom stereocenters. The number of aromatic nitrogens is 2. The lowest BCUT2D eigenvalue weighted by Crippen LogP contribution is -2.58. The summed E-state index contributed by atoms with van der Waals surface area (Å²) < 4.78 is 29.4. The van der Waals surface area contributed by atoms with Crippen molar-refractivity contribution < 1.29 is 37.5 Å². The van der Waals surface area contributed by atoms with Crippen molar-refractivity contribution in [3.05, 3.63) is 40.5 Å². The Morgan fingerprint density at radius 3 is 2.40 bits per heavy atom. The summed E-state index contributed by atoms with van der Waals surface area (Å²) in [6.07, 6.45) is -0.446. The lowest BCUT2D eigenvalue weighted by Gasteiger charge is -2.35. The van der Waals surface area contributed by atoms with Gasteiger partial charge in [-0.2, -0.15) is 9.58 Å². The summed E-state index contributed by atoms with van der Waals surface area (Å²) in [4.78, 5) is 67.4. The van der Waals surface area contributed by atoms with Crippen LogP contribution in [0.1, 0.15) is 51.2 Å². The second kappa shape index (κ2) is 12.5. The Kier molecular flexibility index (Phi) is 9.58. The number of carbonyl (C=O) groups is 4. The van der Waals surface area contributed by atoms with Crippen molar-refractivity contribution in [1.29, 1.82) is 0 Å². The van der Waals surface area contributed by atoms with Crippen LogP contribution in [0.25, 0.3) is 5.69 Å². The minimum Gasteiger partial charge on any atom is -0.494 e. The molecule has 14 heteroatoms. The number of methoxy groups -OCH3 is 2. The van der Waals surface area contributed by atoms with Gasteiger partial charge in [0.15, 0.2) is 0 Å². The number of amides is 3. The van der Waals surface area contributed by atoms with E-state index in [2.05, 4.69) is 5.10 Å². The van der Waals surface area contributed by atoms with Gasteiger partial charge in [-0.15, -0.1) is 5.10 Å². The first-order chi connectivity index (χ1) is 18.8. The molecule has 0 radical (unpaired) electrons. The zero-order valence-electron chi connectivity index (χ0n) is 23.3. The van der Waals surface area contributed by atoms with Crippen molar-refractivity contribution in [1.82, 2.24) is 19.6 Å². The number of benzene rings is 1. The Labute approximate surface area is 230 Å². The summed E-state index contributed by atoms with van der Waals surface area (Å²) in [6, 6.07) is 0.215. The summed E-state index contributed by atoms with van der Waals surface area (Å²) in [5.74, 6) is -5.39. The fourth-order valence-corrected chi connectivity index (χ4v) is 4.67. The number of ether oxygens (including phenoxy) is 2. The Bertz CT molecular complexity index is 1340. The molecule has 3 amide bonds. The van der Waals surface area contributed by atoms with Crippen molar-refractivity contribution in [2.24, 2.45) is 17.6 Å². The van der Waals surface area contributed by atoms with Crippen LogP contribution in [0.5, 0.6) is 5.75 Å². The third-order valence-corrected chi connectivity index (χ3v) is 6.77. The predicted octanol–water partition coefficient (Wildman–Crippen LogP) is 1.75. The molecule has 1 saturated heterocycles. The van der Waals surface area contributed by atoms with Crippen LogP contribution in [-0.4, -0.2) is 82.2 Å². The van der Waals surface area contributed by atoms with Gasteiger partial charge in [0.1, 0.15) is 17.3 Å². The average molecular weight is 564 g/mol. The van der Waals surface area contributed by atoms with E-state index < -0.39 is 65.2 Å². The molecule has 1 aromatic carbocycles. The van der Waals surface area contributed by atoms with Crippen molar-refractivity contribution in [2.75, 3.05) is 20.8 Å². The van der Waals surface area contributed by atoms with Crippen LogP contribution in [0.3, 0.4) is 0 Å². The highest BCUT2D eigenvalue weighted by Gasteiger charge is 2.46. The zero-order chi connectivity index (χ0) is 29.9. The van der Waals surface area contributed by atoms with Gasteiger partial charge in [-0.05, 0) is 43.4 Å². The molecule has 2 aromatic rings. The van der Waals surface area contributed by atoms with E-state index >= 15 is 0 Å². The number of carbonyl (C=O) groups excluding carboxylic acids is 4. The lowest BCUT2D eigenvalue weighted by molar-refractivity contribution is -0.146. The molecule has 0 spiro atoms. The average Bonchev–Trinajstić information content (AvgIpc) is 3.54. The molecule has 218 valence electrons. The molecule has 0 aliphatic carbocycles. The number of halogens is 1. The number of ketones is 1. The van der Waals surface area contributed by atoms with E-state index in [9.17, 15) is 28.4 Å². The first kappa shape index (κ1) is 30.6. The standard InChI is InChI=1S/C26H34FN5O8/c1-13(2)19(28)24(35)31(25(36)39-6)23(34)17-8-7-11-30(17)20(14(3)4)21(33)22-29-32(26(37)40-22)16-10-9-15(27)12-18(16)38-5/h9-10,12-14,17,19-20H,7-8,11,28H2,1-6H3/t17-,19-,20-/m0/s1. The quantitative estimate of drug-likeness (QED) is 0.441. The number of likely N-dealkylation sites (tertiary alicyclic amines) is 1. The highest BCUT2D eigenvalue weighted by molar-refractivity contribution is 6.12. The van der Waals surface area contributed by atoms with Crippen LogP contribution in [0, 0.1) is 17.7 Å². The van der Waals surface area contributed by atoms with Crippen molar-refractivity contribution >= 4 is 23.7 Å². The van der Waals surface area contributed by atoms with Gasteiger partial charge in [0.25, 0.3) is 17.7 Å². The van der Waals surface area contributed by atoms with E-state index in [1.54, 1.807) is 32.6 Å². The highest BCUT2D eigenvalue weighted by Crippen LogP contribution is 2.28. The molecule has 2 N–H and O–H groups in total. The second-order valence-electron chi connectivity index (χ2n) is 10.1. The Balaban J connectivity index is 1.97. The van der Waals surface area contributed by atoms with Gasteiger partial charge in [-0.3, -0.25) is 19.3 Å². The minimum absolute atomic E-state index is 0.00723. The number of Topliss-reactive ketones (excluding diaryl/α,β-unsaturated/α-hetero) is 1. The number of imide groups is 3. The Hall–Kier alpha value is -3.91. The predicted molar refractivity (Wildman–Crippen MR) is 138 cm³/mol. The number of hydrogen-bond acceptors (Lipinski definition) is 11. The topological polar surface area (TPSA) is 167 Å². The van der Waals surface area contributed by atoms with E-state index in [0.717, 1.165) is 23.9 Å². The van der Waals surface area contributed by atoms with Crippen molar-refractivity contribution in [2.45, 2.75) is 58.7 Å². The lowest BCUT2D eigenvalue weighted by atomic mass is 9.96. The molecule has 0 bridgehead atoms. The maximum Gasteiger partial charge on any atom is 0.442 e. The molecule has 1 aromatic heterocycles. The maximum atomic E-state index is 13.7. The Morgan fingerprint density at radius 2 is 1.82 bits per heavy atom. The zero-order valence-corrected chi connectivity index (χ0v) is 23.3. The van der Waals surface area contributed by atoms with Crippen LogP contribution >= 0.6 is 0 Å². The smallest absolute Gasteiger partial charge is 0.442 e. The van der Waals surface area contributed by atoms with Gasteiger partial charge >= 0.3 is 11.8 Å². The Morgan fingerprint density at radius 1 is 1.15 bits per heavy atom. The molecular weight excluding hydrogens is 529 g/mol. The van der Waals surface area contributed by atoms with Gasteiger partial charge < -0.3 is 19.6 Å². The van der Waals surface area contributed by atoms with Crippen LogP contribution < -0.4 is 16.2 Å². The van der Waals surface area contributed by atoms with Gasteiger partial charge in [0.2, 0.25) is 5.78 Å². The fraction of sp³-hybridized carbons (Fsp3) is 0.538. The SMILES string of the molecule is COC(=O)N(C(=O)[C@@H](N)C(C)C)C(=O)[C@@H]1CCCN1[C@H](C(=O)c1nn(-c2ccc(F)cc2OC)c(=O)o1)C(C)C. The largest absolute Gasteiger partial charge is 0.494 e. The first-order valence-electron chi connectivity index (χ1n) is 12.8. The van der Waals surface area contributed by atoms with Crippen LogP contribution in [-0.2, 0) is 14.3 Å². The summed E-state index contributed by atoms with van der Waals surface area (Å²) in [5, 5.41) is 4.03. The van der Waals surface area contributed by atoms with Crippen molar-refractivity contribution in [3.63, 3.8) is 0 Å². The van der Waals surface area contributed by atoms with Gasteiger partial charge in [-0.25, -0.2) is 14.0 Å². The third kappa shape index (κ3) is 5.97. The van der Waals surface area contributed by atoms with Crippen LogP contribution in [0.2, 0.25) is 0 Å². The normalized spacial score (nSPS) is 17.1. The molecule has 0 saturated carbocycles. The van der Waals surface area contributed by atoms with Gasteiger partial charge in [-0.1, -0.05) is 27.7 Å². The highest BCUT2D eigenvalue weighted by atomic mass is 19.1. The molecule has 1 aliphatic rings. The van der Waals surface area contributed by atoms with E-state index in [0.29, 0.717) is 11.3 Å². The third-order valence-electron chi connectivity index (χ3n) is 6.77. The number of hydrogen-bond donors (Lipinski definition) is 1. The fourth-order valence-electron chi connectivity index (χ4n) is 4.67. The molecule has 1 fully saturated rings. The van der Waals surface area contributed by atoms with E-state index in [-0.39, 0.29) is 30.3 Å². The molecule has 40 heavy (non-hydrogen) atoms. The molecular formula is C26H34FN5O8. The summed E-state index contributed by atoms with van der Waals surface area (Å²) in [6.45, 7) is 7.09. The van der Waals surface area contributed by atoms with E-state index in [1.807, 2.05) is 0 Å². The summed E-state index contributed by atoms with van der Waals surface area (Å²) in [5.41, 5.74) is 6.01. The minimum atomic E-state index is -1.18. The maximum absolute atomic E-state index is 13.7. The van der Waals surface area contributed by atoms with Crippen LogP contribution in [0.4, 0.5) is 9.18 Å². The molecule has 0 unspecified atom stereocenters. The van der Waals surface area contributed by atoms with Gasteiger partial charge in [0, 0.05) is 6.07 Å². The summed E-state index contributed by atoms with van der Waals surface area (Å²) in [7, 11) is 2.32. The molecule has 2 heterocycles. The van der Waals surface area contributed by atoms with Crippen LogP contribution in [0.15, 0.2) is 27.4 Å². The summed E-state index contributed by atoms with van der Waals surface area (Å²) >= 11 is 0. The molecule has 3 rings (SSSR count). The number of nitrogens with two attached hydrogens (primary N) is 1. The second-order valence-corrected chi connectivity index (χ2v) is 10.1. The number of nitrogens with zero attached hydrogens (tertiary/aromatic N) is 4. The first-order valence-corrected chi connectivity index (χ1v) is 12.8. The molecule has 13 nitrogen and oxygen atoms in total.